The lowest BCUT2D eigenvalue weighted by molar-refractivity contribution is -0.385. The molecule has 0 radical (unpaired) electrons. The van der Waals surface area contributed by atoms with Crippen molar-refractivity contribution in [3.63, 3.8) is 0 Å². The molecule has 2 aromatic rings. The summed E-state index contributed by atoms with van der Waals surface area (Å²) in [6, 6.07) is 8.92. The molecule has 5 nitrogen and oxygen atoms in total. The summed E-state index contributed by atoms with van der Waals surface area (Å²) in [6.07, 6.45) is 1.86. The Hall–Kier alpha value is -2.30. The van der Waals surface area contributed by atoms with E-state index >= 15 is 0 Å². The summed E-state index contributed by atoms with van der Waals surface area (Å²) < 4.78 is 0. The Kier molecular flexibility index (Phi) is 3.09. The van der Waals surface area contributed by atoms with Crippen LogP contribution < -0.4 is 5.32 Å². The van der Waals surface area contributed by atoms with E-state index in [1.165, 1.54) is 6.07 Å². The number of anilines is 1. The highest BCUT2D eigenvalue weighted by Gasteiger charge is 2.09. The van der Waals surface area contributed by atoms with Crippen molar-refractivity contribution in [2.45, 2.75) is 13.5 Å². The Bertz CT molecular complexity index is 521. The number of nitro groups is 1. The first-order chi connectivity index (χ1) is 8.16. The van der Waals surface area contributed by atoms with Gasteiger partial charge in [-0.15, -0.1) is 0 Å². The summed E-state index contributed by atoms with van der Waals surface area (Å²) in [5, 5.41) is 13.9. The standard InChI is InChI=1S/C12H13N3O2/c1-9-7-10(4-5-12(9)15(16)17)14-8-11-3-2-6-13-11/h2-7,13-14H,8H2,1H3. The number of aryl methyl sites for hydroxylation is 1. The number of nitrogens with zero attached hydrogens (tertiary/aromatic N) is 1. The maximum Gasteiger partial charge on any atom is 0.272 e. The number of benzene rings is 1. The van der Waals surface area contributed by atoms with E-state index in [9.17, 15) is 10.1 Å². The van der Waals surface area contributed by atoms with Gasteiger partial charge in [0.2, 0.25) is 0 Å². The van der Waals surface area contributed by atoms with E-state index < -0.39 is 0 Å². The van der Waals surface area contributed by atoms with Crippen molar-refractivity contribution in [2.75, 3.05) is 5.32 Å². The molecule has 0 unspecified atom stereocenters. The fourth-order valence-corrected chi connectivity index (χ4v) is 1.65. The molecule has 88 valence electrons. The zero-order valence-corrected chi connectivity index (χ0v) is 9.43. The highest BCUT2D eigenvalue weighted by atomic mass is 16.6. The third-order valence-electron chi connectivity index (χ3n) is 2.54. The number of hydrogen-bond donors (Lipinski definition) is 2. The van der Waals surface area contributed by atoms with E-state index in [-0.39, 0.29) is 10.6 Å². The number of nitrogens with one attached hydrogen (secondary N) is 2. The number of aromatic nitrogens is 1. The van der Waals surface area contributed by atoms with Crippen LogP contribution in [0.4, 0.5) is 11.4 Å². The molecule has 2 N–H and O–H groups in total. The van der Waals surface area contributed by atoms with Gasteiger partial charge in [0, 0.05) is 29.2 Å². The molecule has 1 aromatic carbocycles. The normalized spacial score (nSPS) is 10.2. The summed E-state index contributed by atoms with van der Waals surface area (Å²) in [7, 11) is 0. The molecule has 0 spiro atoms. The van der Waals surface area contributed by atoms with Crippen molar-refractivity contribution >= 4 is 11.4 Å². The maximum absolute atomic E-state index is 10.7. The molecule has 1 aromatic heterocycles. The molecular weight excluding hydrogens is 218 g/mol. The lowest BCUT2D eigenvalue weighted by Crippen LogP contribution is -2.00. The van der Waals surface area contributed by atoms with Gasteiger partial charge >= 0.3 is 0 Å². The van der Waals surface area contributed by atoms with Crippen LogP contribution in [-0.4, -0.2) is 9.91 Å². The van der Waals surface area contributed by atoms with Gasteiger partial charge in [0.1, 0.15) is 0 Å². The van der Waals surface area contributed by atoms with Crippen molar-refractivity contribution in [2.24, 2.45) is 0 Å². The zero-order valence-electron chi connectivity index (χ0n) is 9.43. The average Bonchev–Trinajstić information content (AvgIpc) is 2.78. The summed E-state index contributed by atoms with van der Waals surface area (Å²) in [6.45, 7) is 2.40. The molecule has 0 saturated heterocycles. The first-order valence-corrected chi connectivity index (χ1v) is 5.28. The van der Waals surface area contributed by atoms with Gasteiger partial charge in [-0.2, -0.15) is 0 Å². The quantitative estimate of drug-likeness (QED) is 0.627. The van der Waals surface area contributed by atoms with Crippen LogP contribution in [0.5, 0.6) is 0 Å². The maximum atomic E-state index is 10.7. The second-order valence-corrected chi connectivity index (χ2v) is 3.81. The van der Waals surface area contributed by atoms with Crippen LogP contribution >= 0.6 is 0 Å². The van der Waals surface area contributed by atoms with Crippen LogP contribution in [0, 0.1) is 17.0 Å². The van der Waals surface area contributed by atoms with Crippen LogP contribution in [-0.2, 0) is 6.54 Å². The van der Waals surface area contributed by atoms with E-state index in [1.54, 1.807) is 19.1 Å². The highest BCUT2D eigenvalue weighted by Crippen LogP contribution is 2.21. The predicted molar refractivity (Wildman–Crippen MR) is 66.0 cm³/mol. The minimum Gasteiger partial charge on any atom is -0.379 e. The van der Waals surface area contributed by atoms with Crippen molar-refractivity contribution in [1.82, 2.24) is 4.98 Å². The number of H-pyrrole nitrogens is 1. The molecule has 2 rings (SSSR count). The Morgan fingerprint density at radius 1 is 1.41 bits per heavy atom. The first-order valence-electron chi connectivity index (χ1n) is 5.28. The van der Waals surface area contributed by atoms with Gasteiger partial charge in [-0.1, -0.05) is 0 Å². The second kappa shape index (κ2) is 4.69. The van der Waals surface area contributed by atoms with Gasteiger partial charge in [-0.3, -0.25) is 10.1 Å². The summed E-state index contributed by atoms with van der Waals surface area (Å²) in [5.74, 6) is 0. The monoisotopic (exact) mass is 231 g/mol. The number of nitro benzene ring substituents is 1. The fraction of sp³-hybridized carbons (Fsp3) is 0.167. The molecule has 0 saturated carbocycles. The van der Waals surface area contributed by atoms with E-state index in [0.29, 0.717) is 12.1 Å². The van der Waals surface area contributed by atoms with Crippen LogP contribution in [0.1, 0.15) is 11.3 Å². The highest BCUT2D eigenvalue weighted by molar-refractivity contribution is 5.53. The molecule has 17 heavy (non-hydrogen) atoms. The van der Waals surface area contributed by atoms with Gasteiger partial charge in [-0.05, 0) is 31.2 Å². The third kappa shape index (κ3) is 2.63. The largest absolute Gasteiger partial charge is 0.379 e. The summed E-state index contributed by atoms with van der Waals surface area (Å²) in [4.78, 5) is 13.4. The minimum absolute atomic E-state index is 0.149. The fourth-order valence-electron chi connectivity index (χ4n) is 1.65. The Morgan fingerprint density at radius 3 is 2.82 bits per heavy atom. The Labute approximate surface area is 98.6 Å². The molecule has 0 aliphatic heterocycles. The van der Waals surface area contributed by atoms with E-state index in [1.807, 2.05) is 18.3 Å². The first kappa shape index (κ1) is 11.2. The van der Waals surface area contributed by atoms with Crippen molar-refractivity contribution in [1.29, 1.82) is 0 Å². The molecule has 0 amide bonds. The molecule has 1 heterocycles. The smallest absolute Gasteiger partial charge is 0.272 e. The summed E-state index contributed by atoms with van der Waals surface area (Å²) >= 11 is 0. The van der Waals surface area contributed by atoms with Gasteiger partial charge in [0.25, 0.3) is 5.69 Å². The van der Waals surface area contributed by atoms with Crippen LogP contribution in [0.3, 0.4) is 0 Å². The lowest BCUT2D eigenvalue weighted by atomic mass is 10.2. The van der Waals surface area contributed by atoms with Gasteiger partial charge in [-0.25, -0.2) is 0 Å². The van der Waals surface area contributed by atoms with Crippen LogP contribution in [0.15, 0.2) is 36.5 Å². The SMILES string of the molecule is Cc1cc(NCc2ccc[nH]2)ccc1[N+](=O)[O-]. The van der Waals surface area contributed by atoms with Gasteiger partial charge in [0.05, 0.1) is 11.5 Å². The summed E-state index contributed by atoms with van der Waals surface area (Å²) in [5.41, 5.74) is 2.76. The van der Waals surface area contributed by atoms with Gasteiger partial charge < -0.3 is 10.3 Å². The topological polar surface area (TPSA) is 71.0 Å². The van der Waals surface area contributed by atoms with Crippen LogP contribution in [0.2, 0.25) is 0 Å². The minimum atomic E-state index is -0.371. The zero-order chi connectivity index (χ0) is 12.3. The Balaban J connectivity index is 2.07. The second-order valence-electron chi connectivity index (χ2n) is 3.81. The molecule has 0 bridgehead atoms. The van der Waals surface area contributed by atoms with Crippen molar-refractivity contribution < 1.29 is 4.92 Å². The number of rotatable bonds is 4. The molecule has 0 aliphatic carbocycles. The molecule has 0 fully saturated rings. The third-order valence-corrected chi connectivity index (χ3v) is 2.54. The van der Waals surface area contributed by atoms with Crippen molar-refractivity contribution in [3.05, 3.63) is 57.9 Å². The predicted octanol–water partition coefficient (Wildman–Crippen LogP) is 2.84. The van der Waals surface area contributed by atoms with Crippen LogP contribution in [0.25, 0.3) is 0 Å². The number of aromatic amines is 1. The van der Waals surface area contributed by atoms with E-state index in [0.717, 1.165) is 11.4 Å². The molecular formula is C12H13N3O2. The average molecular weight is 231 g/mol. The lowest BCUT2D eigenvalue weighted by Gasteiger charge is -2.06. The molecule has 0 aliphatic rings. The molecule has 5 heteroatoms. The van der Waals surface area contributed by atoms with Crippen molar-refractivity contribution in [3.8, 4) is 0 Å². The van der Waals surface area contributed by atoms with E-state index in [2.05, 4.69) is 10.3 Å². The Morgan fingerprint density at radius 2 is 2.24 bits per heavy atom. The number of hydrogen-bond acceptors (Lipinski definition) is 3. The van der Waals surface area contributed by atoms with E-state index in [4.69, 9.17) is 0 Å². The van der Waals surface area contributed by atoms with Gasteiger partial charge in [0.15, 0.2) is 0 Å². The molecule has 0 atom stereocenters.